The minimum Gasteiger partial charge on any atom is -0.481 e. The number of amides is 2. The predicted molar refractivity (Wildman–Crippen MR) is 158 cm³/mol. The molecule has 9 heteroatoms. The normalized spacial score (nSPS) is 13.2. The first kappa shape index (κ1) is 27.8. The molecule has 210 valence electrons. The molecule has 0 saturated heterocycles. The third-order valence-corrected chi connectivity index (χ3v) is 7.28. The van der Waals surface area contributed by atoms with E-state index in [2.05, 4.69) is 20.6 Å². The van der Waals surface area contributed by atoms with Crippen LogP contribution >= 0.6 is 0 Å². The third kappa shape index (κ3) is 7.25. The molecule has 3 aromatic carbocycles. The summed E-state index contributed by atoms with van der Waals surface area (Å²) in [5.41, 5.74) is 2.62. The van der Waals surface area contributed by atoms with Crippen LogP contribution in [0.3, 0.4) is 0 Å². The van der Waals surface area contributed by atoms with Crippen LogP contribution < -0.4 is 15.5 Å². The van der Waals surface area contributed by atoms with Crippen LogP contribution in [0, 0.1) is 0 Å². The zero-order valence-corrected chi connectivity index (χ0v) is 23.0. The highest BCUT2D eigenvalue weighted by Crippen LogP contribution is 2.21. The molecule has 1 saturated carbocycles. The summed E-state index contributed by atoms with van der Waals surface area (Å²) in [6.45, 7) is 0.0746. The number of carboxylic acid groups (broad SMARTS) is 1. The van der Waals surface area contributed by atoms with Gasteiger partial charge in [-0.2, -0.15) is 0 Å². The molecule has 5 rings (SSSR count). The van der Waals surface area contributed by atoms with Gasteiger partial charge in [0.1, 0.15) is 11.6 Å². The number of nitrogens with one attached hydrogen (secondary N) is 2. The van der Waals surface area contributed by atoms with E-state index in [1.165, 1.54) is 6.20 Å². The highest BCUT2D eigenvalue weighted by Gasteiger charge is 2.20. The lowest BCUT2D eigenvalue weighted by atomic mass is 10.1. The van der Waals surface area contributed by atoms with Crippen molar-refractivity contribution in [3.8, 4) is 0 Å². The fourth-order valence-electron chi connectivity index (χ4n) is 5.19. The maximum absolute atomic E-state index is 12.8. The SMILES string of the molecule is CN(CC(=O)NC1CCCC1)c1nc(Cc2ccc(NC(=O)c3ccc4ccccc4c3)cc2)ncc1CC(=O)O. The van der Waals surface area contributed by atoms with Crippen molar-refractivity contribution in [3.05, 3.63) is 95.4 Å². The average molecular weight is 552 g/mol. The molecule has 3 N–H and O–H groups in total. The van der Waals surface area contributed by atoms with Crippen molar-refractivity contribution in [2.24, 2.45) is 0 Å². The number of aliphatic carboxylic acids is 1. The van der Waals surface area contributed by atoms with Crippen molar-refractivity contribution in [1.82, 2.24) is 15.3 Å². The molecule has 1 aromatic heterocycles. The largest absolute Gasteiger partial charge is 0.481 e. The molecule has 1 heterocycles. The Bertz CT molecular complexity index is 1560. The molecule has 4 aromatic rings. The molecule has 1 aliphatic carbocycles. The van der Waals surface area contributed by atoms with Gasteiger partial charge in [-0.1, -0.05) is 55.3 Å². The Morgan fingerprint density at radius 1 is 0.976 bits per heavy atom. The molecule has 0 aliphatic heterocycles. The minimum absolute atomic E-state index is 0.0746. The lowest BCUT2D eigenvalue weighted by Crippen LogP contribution is -2.40. The Hall–Kier alpha value is -4.79. The lowest BCUT2D eigenvalue weighted by Gasteiger charge is -2.22. The average Bonchev–Trinajstić information content (AvgIpc) is 3.47. The highest BCUT2D eigenvalue weighted by atomic mass is 16.4. The molecular weight excluding hydrogens is 518 g/mol. The molecular formula is C32H33N5O4. The second-order valence-electron chi connectivity index (χ2n) is 10.5. The van der Waals surface area contributed by atoms with E-state index in [1.54, 1.807) is 11.9 Å². The molecule has 9 nitrogen and oxygen atoms in total. The number of benzene rings is 3. The number of nitrogens with zero attached hydrogens (tertiary/aromatic N) is 3. The van der Waals surface area contributed by atoms with Crippen LogP contribution in [0.25, 0.3) is 10.8 Å². The number of fused-ring (bicyclic) bond motifs is 1. The molecule has 0 unspecified atom stereocenters. The maximum Gasteiger partial charge on any atom is 0.308 e. The summed E-state index contributed by atoms with van der Waals surface area (Å²) in [4.78, 5) is 47.6. The van der Waals surface area contributed by atoms with Crippen molar-refractivity contribution in [1.29, 1.82) is 0 Å². The van der Waals surface area contributed by atoms with Gasteiger partial charge in [-0.05, 0) is 53.4 Å². The number of aromatic nitrogens is 2. The zero-order valence-electron chi connectivity index (χ0n) is 23.0. The number of carbonyl (C=O) groups excluding carboxylic acids is 2. The summed E-state index contributed by atoms with van der Waals surface area (Å²) in [7, 11) is 1.73. The van der Waals surface area contributed by atoms with Gasteiger partial charge >= 0.3 is 5.97 Å². The Balaban J connectivity index is 1.25. The second kappa shape index (κ2) is 12.6. The number of carboxylic acids is 1. The fraction of sp³-hybridized carbons (Fsp3) is 0.281. The summed E-state index contributed by atoms with van der Waals surface area (Å²) in [5.74, 6) is -0.358. The fourth-order valence-corrected chi connectivity index (χ4v) is 5.19. The molecule has 0 bridgehead atoms. The van der Waals surface area contributed by atoms with Crippen LogP contribution in [-0.4, -0.2) is 52.5 Å². The first-order chi connectivity index (χ1) is 19.8. The standard InChI is InChI=1S/C32H33N5O4/c1-37(20-29(38)34-26-8-4-5-9-26)31-25(18-30(39)40)19-33-28(36-31)16-21-10-14-27(15-11-21)35-32(41)24-13-12-22-6-2-3-7-23(22)17-24/h2-3,6-7,10-15,17,19,26H,4-5,8-9,16,18,20H2,1H3,(H,34,38)(H,35,41)(H,39,40). The zero-order chi connectivity index (χ0) is 28.8. The third-order valence-electron chi connectivity index (χ3n) is 7.28. The number of hydrogen-bond acceptors (Lipinski definition) is 6. The maximum atomic E-state index is 12.8. The van der Waals surface area contributed by atoms with Gasteiger partial charge in [-0.15, -0.1) is 0 Å². The van der Waals surface area contributed by atoms with E-state index in [0.29, 0.717) is 34.9 Å². The van der Waals surface area contributed by atoms with Crippen molar-refractivity contribution in [2.45, 2.75) is 44.6 Å². The number of hydrogen-bond donors (Lipinski definition) is 3. The van der Waals surface area contributed by atoms with Gasteiger partial charge in [-0.25, -0.2) is 9.97 Å². The summed E-state index contributed by atoms with van der Waals surface area (Å²) >= 11 is 0. The summed E-state index contributed by atoms with van der Waals surface area (Å²) in [6.07, 6.45) is 5.91. The van der Waals surface area contributed by atoms with Gasteiger partial charge in [0.15, 0.2) is 0 Å². The minimum atomic E-state index is -0.993. The van der Waals surface area contributed by atoms with Crippen molar-refractivity contribution >= 4 is 40.1 Å². The first-order valence-corrected chi connectivity index (χ1v) is 13.8. The molecule has 2 amide bonds. The van der Waals surface area contributed by atoms with Gasteiger partial charge in [0.25, 0.3) is 5.91 Å². The molecule has 0 radical (unpaired) electrons. The molecule has 0 spiro atoms. The summed E-state index contributed by atoms with van der Waals surface area (Å²) in [5, 5.41) is 17.5. The monoisotopic (exact) mass is 551 g/mol. The van der Waals surface area contributed by atoms with Crippen LogP contribution in [0.4, 0.5) is 11.5 Å². The topological polar surface area (TPSA) is 125 Å². The van der Waals surface area contributed by atoms with Crippen LogP contribution in [0.1, 0.15) is 53.0 Å². The number of anilines is 2. The number of rotatable bonds is 10. The first-order valence-electron chi connectivity index (χ1n) is 13.8. The molecule has 1 fully saturated rings. The van der Waals surface area contributed by atoms with E-state index in [0.717, 1.165) is 42.0 Å². The molecule has 1 aliphatic rings. The van der Waals surface area contributed by atoms with Crippen LogP contribution in [0.2, 0.25) is 0 Å². The van der Waals surface area contributed by atoms with E-state index in [4.69, 9.17) is 0 Å². The van der Waals surface area contributed by atoms with E-state index in [9.17, 15) is 19.5 Å². The second-order valence-corrected chi connectivity index (χ2v) is 10.5. The lowest BCUT2D eigenvalue weighted by molar-refractivity contribution is -0.136. The highest BCUT2D eigenvalue weighted by molar-refractivity contribution is 6.06. The van der Waals surface area contributed by atoms with Gasteiger partial charge in [0.05, 0.1) is 13.0 Å². The smallest absolute Gasteiger partial charge is 0.308 e. The van der Waals surface area contributed by atoms with Gasteiger partial charge in [0, 0.05) is 42.5 Å². The van der Waals surface area contributed by atoms with E-state index >= 15 is 0 Å². The van der Waals surface area contributed by atoms with Gasteiger partial charge in [0.2, 0.25) is 5.91 Å². The Morgan fingerprint density at radius 2 is 1.71 bits per heavy atom. The van der Waals surface area contributed by atoms with E-state index in [-0.39, 0.29) is 30.8 Å². The van der Waals surface area contributed by atoms with Crippen LogP contribution in [-0.2, 0) is 22.4 Å². The Kier molecular flexibility index (Phi) is 8.53. The van der Waals surface area contributed by atoms with Crippen molar-refractivity contribution in [3.63, 3.8) is 0 Å². The number of carbonyl (C=O) groups is 3. The van der Waals surface area contributed by atoms with Crippen LogP contribution in [0.15, 0.2) is 72.9 Å². The molecule has 0 atom stereocenters. The Morgan fingerprint density at radius 3 is 2.44 bits per heavy atom. The summed E-state index contributed by atoms with van der Waals surface area (Å²) in [6, 6.07) is 21.2. The molecule has 41 heavy (non-hydrogen) atoms. The Labute approximate surface area is 238 Å². The van der Waals surface area contributed by atoms with E-state index < -0.39 is 5.97 Å². The van der Waals surface area contributed by atoms with Crippen molar-refractivity contribution in [2.75, 3.05) is 23.8 Å². The van der Waals surface area contributed by atoms with Crippen molar-refractivity contribution < 1.29 is 19.5 Å². The quantitative estimate of drug-likeness (QED) is 0.263. The van der Waals surface area contributed by atoms with Crippen LogP contribution in [0.5, 0.6) is 0 Å². The number of likely N-dealkylation sites (N-methyl/N-ethyl adjacent to an activating group) is 1. The van der Waals surface area contributed by atoms with E-state index in [1.807, 2.05) is 66.7 Å². The van der Waals surface area contributed by atoms with Gasteiger partial charge < -0.3 is 20.6 Å². The predicted octanol–water partition coefficient (Wildman–Crippen LogP) is 4.60. The summed E-state index contributed by atoms with van der Waals surface area (Å²) < 4.78 is 0. The van der Waals surface area contributed by atoms with Gasteiger partial charge in [-0.3, -0.25) is 14.4 Å².